The van der Waals surface area contributed by atoms with Gasteiger partial charge in [-0.05, 0) is 65.4 Å². The second-order valence-electron chi connectivity index (χ2n) is 8.17. The van der Waals surface area contributed by atoms with E-state index in [-0.39, 0.29) is 34.5 Å². The zero-order valence-electron chi connectivity index (χ0n) is 19.3. The van der Waals surface area contributed by atoms with E-state index in [0.29, 0.717) is 14.8 Å². The maximum atomic E-state index is 14.6. The van der Waals surface area contributed by atoms with E-state index in [1.54, 1.807) is 30.3 Å². The smallest absolute Gasteiger partial charge is 0.333 e. The van der Waals surface area contributed by atoms with Gasteiger partial charge < -0.3 is 5.32 Å². The van der Waals surface area contributed by atoms with Gasteiger partial charge >= 0.3 is 5.69 Å². The number of benzene rings is 2. The molecule has 0 atom stereocenters. The zero-order chi connectivity index (χ0) is 26.4. The van der Waals surface area contributed by atoms with Crippen molar-refractivity contribution in [2.45, 2.75) is 13.5 Å². The van der Waals surface area contributed by atoms with Crippen LogP contribution >= 0.6 is 22.6 Å². The number of pyridine rings is 1. The number of aryl methyl sites for hydroxylation is 1. The first-order chi connectivity index (χ1) is 16.9. The van der Waals surface area contributed by atoms with E-state index < -0.39 is 32.6 Å². The summed E-state index contributed by atoms with van der Waals surface area (Å²) in [4.78, 5) is 41.4. The van der Waals surface area contributed by atoms with E-state index in [1.807, 2.05) is 22.6 Å². The van der Waals surface area contributed by atoms with E-state index in [0.717, 1.165) is 6.26 Å². The highest BCUT2D eigenvalue weighted by Gasteiger charge is 2.21. The number of fused-ring (bicyclic) bond motifs is 1. The van der Waals surface area contributed by atoms with Crippen LogP contribution in [0.5, 0.6) is 0 Å². The molecule has 0 fully saturated rings. The SMILES string of the molecule is Cc1c(=O)n(C)c(Nc2ccc(I)cc2F)c2c(=O)[nH]c(=O)n(-c3cccc(CNS(C)(=O)=O)c3)c12. The van der Waals surface area contributed by atoms with Crippen molar-refractivity contribution in [3.05, 3.63) is 94.2 Å². The number of sulfonamides is 1. The quantitative estimate of drug-likeness (QED) is 0.282. The molecule has 10 nitrogen and oxygen atoms in total. The van der Waals surface area contributed by atoms with Gasteiger partial charge in [0.05, 0.1) is 23.1 Å². The monoisotopic (exact) mass is 625 g/mol. The summed E-state index contributed by atoms with van der Waals surface area (Å²) < 4.78 is 43.0. The maximum Gasteiger partial charge on any atom is 0.333 e. The maximum absolute atomic E-state index is 14.6. The minimum atomic E-state index is -3.46. The Kier molecular flexibility index (Phi) is 6.90. The van der Waals surface area contributed by atoms with Gasteiger partial charge in [0.15, 0.2) is 0 Å². The second kappa shape index (κ2) is 9.63. The summed E-state index contributed by atoms with van der Waals surface area (Å²) in [6, 6.07) is 10.9. The molecule has 4 aromatic rings. The van der Waals surface area contributed by atoms with E-state index in [1.165, 1.54) is 35.2 Å². The summed E-state index contributed by atoms with van der Waals surface area (Å²) in [5.74, 6) is -0.579. The number of hydrogen-bond donors (Lipinski definition) is 3. The highest BCUT2D eigenvalue weighted by Crippen LogP contribution is 2.27. The molecule has 0 bridgehead atoms. The topological polar surface area (TPSA) is 135 Å². The average Bonchev–Trinajstić information content (AvgIpc) is 2.80. The van der Waals surface area contributed by atoms with Gasteiger partial charge in [0.2, 0.25) is 10.0 Å². The van der Waals surface area contributed by atoms with Gasteiger partial charge in [-0.3, -0.25) is 23.7 Å². The summed E-state index contributed by atoms with van der Waals surface area (Å²) in [7, 11) is -2.02. The Morgan fingerprint density at radius 1 is 1.11 bits per heavy atom. The van der Waals surface area contributed by atoms with Gasteiger partial charge in [-0.2, -0.15) is 0 Å². The summed E-state index contributed by atoms with van der Waals surface area (Å²) >= 11 is 1.96. The Hall–Kier alpha value is -3.30. The number of aromatic nitrogens is 3. The highest BCUT2D eigenvalue weighted by molar-refractivity contribution is 14.1. The lowest BCUT2D eigenvalue weighted by Crippen LogP contribution is -2.34. The summed E-state index contributed by atoms with van der Waals surface area (Å²) in [5, 5.41) is 2.82. The predicted octanol–water partition coefficient (Wildman–Crippen LogP) is 2.22. The van der Waals surface area contributed by atoms with Crippen LogP contribution in [0.3, 0.4) is 0 Å². The number of rotatable bonds is 6. The van der Waals surface area contributed by atoms with Crippen LogP contribution < -0.4 is 26.8 Å². The van der Waals surface area contributed by atoms with Crippen LogP contribution in [-0.4, -0.2) is 28.8 Å². The molecule has 2 aromatic carbocycles. The first-order valence-electron chi connectivity index (χ1n) is 10.5. The summed E-state index contributed by atoms with van der Waals surface area (Å²) in [6.07, 6.45) is 1.03. The third-order valence-corrected chi connectivity index (χ3v) is 6.90. The predicted molar refractivity (Wildman–Crippen MR) is 144 cm³/mol. The van der Waals surface area contributed by atoms with Crippen LogP contribution in [0.15, 0.2) is 56.8 Å². The van der Waals surface area contributed by atoms with E-state index in [4.69, 9.17) is 0 Å². The zero-order valence-corrected chi connectivity index (χ0v) is 22.3. The van der Waals surface area contributed by atoms with Crippen molar-refractivity contribution in [2.24, 2.45) is 7.05 Å². The molecule has 3 N–H and O–H groups in total. The van der Waals surface area contributed by atoms with Gasteiger partial charge in [0, 0.05) is 22.7 Å². The number of nitrogens with zero attached hydrogens (tertiary/aromatic N) is 2. The molecule has 0 aliphatic carbocycles. The van der Waals surface area contributed by atoms with Crippen molar-refractivity contribution in [3.63, 3.8) is 0 Å². The number of H-pyrrole nitrogens is 1. The van der Waals surface area contributed by atoms with Gasteiger partial charge in [0.25, 0.3) is 11.1 Å². The molecule has 0 saturated heterocycles. The summed E-state index contributed by atoms with van der Waals surface area (Å²) in [5.41, 5.74) is -0.970. The summed E-state index contributed by atoms with van der Waals surface area (Å²) in [6.45, 7) is 1.46. The Morgan fingerprint density at radius 2 is 1.83 bits per heavy atom. The first-order valence-corrected chi connectivity index (χ1v) is 13.5. The van der Waals surface area contributed by atoms with Crippen molar-refractivity contribution in [2.75, 3.05) is 11.6 Å². The number of nitrogens with one attached hydrogen (secondary N) is 3. The van der Waals surface area contributed by atoms with Gasteiger partial charge in [0.1, 0.15) is 17.0 Å². The minimum absolute atomic E-state index is 0.00519. The average molecular weight is 625 g/mol. The first kappa shape index (κ1) is 25.8. The highest BCUT2D eigenvalue weighted by atomic mass is 127. The Bertz CT molecular complexity index is 1810. The lowest BCUT2D eigenvalue weighted by Gasteiger charge is -2.19. The van der Waals surface area contributed by atoms with E-state index in [9.17, 15) is 27.2 Å². The Morgan fingerprint density at radius 3 is 2.50 bits per heavy atom. The Balaban J connectivity index is 2.01. The van der Waals surface area contributed by atoms with Crippen molar-refractivity contribution >= 4 is 55.0 Å². The Labute approximate surface area is 218 Å². The molecule has 0 aliphatic rings. The molecule has 0 saturated carbocycles. The molecule has 0 aliphatic heterocycles. The fourth-order valence-corrected chi connectivity index (χ4v) is 4.75. The molecule has 2 heterocycles. The van der Waals surface area contributed by atoms with Crippen LogP contribution in [0.2, 0.25) is 0 Å². The molecule has 2 aromatic heterocycles. The molecule has 36 heavy (non-hydrogen) atoms. The van der Waals surface area contributed by atoms with E-state index in [2.05, 4.69) is 15.0 Å². The molecule has 13 heteroatoms. The molecular weight excluding hydrogens is 604 g/mol. The van der Waals surface area contributed by atoms with Gasteiger partial charge in [-0.15, -0.1) is 0 Å². The largest absolute Gasteiger partial charge is 0.338 e. The fraction of sp³-hybridized carbons (Fsp3) is 0.174. The number of anilines is 2. The molecule has 0 amide bonds. The number of halogens is 2. The molecule has 4 rings (SSSR count). The molecule has 0 unspecified atom stereocenters. The third kappa shape index (κ3) is 4.99. The van der Waals surface area contributed by atoms with Crippen LogP contribution in [-0.2, 0) is 23.6 Å². The second-order valence-corrected chi connectivity index (χ2v) is 11.2. The molecule has 0 radical (unpaired) electrons. The molecule has 188 valence electrons. The van der Waals surface area contributed by atoms with Crippen molar-refractivity contribution < 1.29 is 12.8 Å². The lowest BCUT2D eigenvalue weighted by atomic mass is 10.1. The van der Waals surface area contributed by atoms with Gasteiger partial charge in [-0.25, -0.2) is 22.3 Å². The number of hydrogen-bond acceptors (Lipinski definition) is 6. The normalized spacial score (nSPS) is 11.7. The fourth-order valence-electron chi connectivity index (χ4n) is 3.86. The lowest BCUT2D eigenvalue weighted by molar-refractivity contribution is 0.587. The molecular formula is C23H21FIN5O5S. The molecule has 0 spiro atoms. The number of aromatic amines is 1. The standard InChI is InChI=1S/C23H21FIN5O5S/c1-12-19-18(20(29(2)22(12)32)27-17-8-7-14(25)10-16(17)24)21(31)28-23(33)30(19)15-6-4-5-13(9-15)11-26-36(3,34)35/h4-10,26-27H,11H2,1-3H3,(H,28,31,33). The van der Waals surface area contributed by atoms with E-state index >= 15 is 0 Å². The van der Waals surface area contributed by atoms with Crippen LogP contribution in [0.25, 0.3) is 16.6 Å². The van der Waals surface area contributed by atoms with Crippen LogP contribution in [0, 0.1) is 16.3 Å². The van der Waals surface area contributed by atoms with Crippen LogP contribution in [0.4, 0.5) is 15.9 Å². The van der Waals surface area contributed by atoms with Crippen molar-refractivity contribution in [3.8, 4) is 5.69 Å². The van der Waals surface area contributed by atoms with Gasteiger partial charge in [-0.1, -0.05) is 12.1 Å². The third-order valence-electron chi connectivity index (χ3n) is 5.56. The van der Waals surface area contributed by atoms with Crippen molar-refractivity contribution in [1.29, 1.82) is 0 Å². The van der Waals surface area contributed by atoms with Crippen molar-refractivity contribution in [1.82, 2.24) is 18.8 Å². The minimum Gasteiger partial charge on any atom is -0.338 e. The van der Waals surface area contributed by atoms with Crippen LogP contribution in [0.1, 0.15) is 11.1 Å².